The second kappa shape index (κ2) is 4.00. The Hall–Kier alpha value is -1.42. The van der Waals surface area contributed by atoms with Crippen LogP contribution in [0.15, 0.2) is 24.3 Å². The Kier molecular flexibility index (Phi) is 2.97. The van der Waals surface area contributed by atoms with Crippen LogP contribution in [0.3, 0.4) is 0 Å². The molecule has 3 N–H and O–H groups in total. The molecular formula is C9H10FNO2. The summed E-state index contributed by atoms with van der Waals surface area (Å²) in [5.74, 6) is -2.13. The molecule has 1 aromatic carbocycles. The van der Waals surface area contributed by atoms with Gasteiger partial charge in [0.25, 0.3) is 0 Å². The SMILES string of the molecule is NC[C@@H](C(=O)O)c1ccc(F)cc1. The van der Waals surface area contributed by atoms with Crippen molar-refractivity contribution in [2.24, 2.45) is 5.73 Å². The zero-order valence-electron chi connectivity index (χ0n) is 6.90. The average molecular weight is 183 g/mol. The topological polar surface area (TPSA) is 63.3 Å². The minimum atomic E-state index is -0.992. The normalized spacial score (nSPS) is 12.5. The highest BCUT2D eigenvalue weighted by Gasteiger charge is 2.17. The van der Waals surface area contributed by atoms with Crippen molar-refractivity contribution in [1.82, 2.24) is 0 Å². The van der Waals surface area contributed by atoms with Gasteiger partial charge in [0, 0.05) is 6.54 Å². The maximum absolute atomic E-state index is 12.5. The molecule has 0 unspecified atom stereocenters. The summed E-state index contributed by atoms with van der Waals surface area (Å²) in [5.41, 5.74) is 5.79. The quantitative estimate of drug-likeness (QED) is 0.733. The van der Waals surface area contributed by atoms with Gasteiger partial charge in [-0.15, -0.1) is 0 Å². The van der Waals surface area contributed by atoms with Crippen molar-refractivity contribution in [3.8, 4) is 0 Å². The van der Waals surface area contributed by atoms with E-state index in [0.717, 1.165) is 0 Å². The van der Waals surface area contributed by atoms with Crippen LogP contribution in [0, 0.1) is 5.82 Å². The first-order valence-corrected chi connectivity index (χ1v) is 3.83. The number of hydrogen-bond acceptors (Lipinski definition) is 2. The van der Waals surface area contributed by atoms with Crippen molar-refractivity contribution in [1.29, 1.82) is 0 Å². The monoisotopic (exact) mass is 183 g/mol. The number of carboxylic acid groups (broad SMARTS) is 1. The molecule has 0 aromatic heterocycles. The van der Waals surface area contributed by atoms with E-state index in [-0.39, 0.29) is 12.4 Å². The maximum Gasteiger partial charge on any atom is 0.312 e. The van der Waals surface area contributed by atoms with E-state index in [9.17, 15) is 9.18 Å². The Bertz CT molecular complexity index is 297. The van der Waals surface area contributed by atoms with E-state index in [1.54, 1.807) is 0 Å². The lowest BCUT2D eigenvalue weighted by atomic mass is 10.00. The Labute approximate surface area is 75.0 Å². The van der Waals surface area contributed by atoms with Crippen LogP contribution in [0.5, 0.6) is 0 Å². The van der Waals surface area contributed by atoms with E-state index in [0.29, 0.717) is 5.56 Å². The third-order valence-electron chi connectivity index (χ3n) is 1.81. The summed E-state index contributed by atoms with van der Waals surface area (Å²) >= 11 is 0. The van der Waals surface area contributed by atoms with Gasteiger partial charge in [0.05, 0.1) is 5.92 Å². The van der Waals surface area contributed by atoms with Crippen LogP contribution in [0.2, 0.25) is 0 Å². The van der Waals surface area contributed by atoms with Gasteiger partial charge in [-0.25, -0.2) is 4.39 Å². The minimum absolute atomic E-state index is 0.0148. The molecular weight excluding hydrogens is 173 g/mol. The van der Waals surface area contributed by atoms with E-state index in [2.05, 4.69) is 0 Å². The molecule has 70 valence electrons. The molecule has 0 heterocycles. The van der Waals surface area contributed by atoms with Crippen LogP contribution in [0.4, 0.5) is 4.39 Å². The van der Waals surface area contributed by atoms with Crippen molar-refractivity contribution in [2.45, 2.75) is 5.92 Å². The van der Waals surface area contributed by atoms with Gasteiger partial charge in [0.15, 0.2) is 0 Å². The van der Waals surface area contributed by atoms with Gasteiger partial charge >= 0.3 is 5.97 Å². The Morgan fingerprint density at radius 1 is 1.46 bits per heavy atom. The molecule has 0 radical (unpaired) electrons. The van der Waals surface area contributed by atoms with Crippen LogP contribution >= 0.6 is 0 Å². The molecule has 0 saturated heterocycles. The summed E-state index contributed by atoms with van der Waals surface area (Å²) in [5, 5.41) is 8.72. The Morgan fingerprint density at radius 2 is 2.00 bits per heavy atom. The van der Waals surface area contributed by atoms with Crippen LogP contribution in [-0.4, -0.2) is 17.6 Å². The predicted octanol–water partition coefficient (Wildman–Crippen LogP) is 0.953. The molecule has 0 fully saturated rings. The average Bonchev–Trinajstić information content (AvgIpc) is 2.09. The van der Waals surface area contributed by atoms with Crippen molar-refractivity contribution in [3.05, 3.63) is 35.6 Å². The van der Waals surface area contributed by atoms with E-state index >= 15 is 0 Å². The summed E-state index contributed by atoms with van der Waals surface area (Å²) < 4.78 is 12.5. The number of carboxylic acids is 1. The van der Waals surface area contributed by atoms with Gasteiger partial charge in [-0.05, 0) is 17.7 Å². The first kappa shape index (κ1) is 9.67. The molecule has 13 heavy (non-hydrogen) atoms. The second-order valence-electron chi connectivity index (χ2n) is 2.68. The molecule has 0 aliphatic carbocycles. The fourth-order valence-corrected chi connectivity index (χ4v) is 1.07. The van der Waals surface area contributed by atoms with Crippen molar-refractivity contribution in [3.63, 3.8) is 0 Å². The van der Waals surface area contributed by atoms with E-state index < -0.39 is 11.9 Å². The minimum Gasteiger partial charge on any atom is -0.481 e. The third-order valence-corrected chi connectivity index (χ3v) is 1.81. The number of hydrogen-bond donors (Lipinski definition) is 2. The first-order chi connectivity index (χ1) is 6.15. The zero-order chi connectivity index (χ0) is 9.84. The highest BCUT2D eigenvalue weighted by Crippen LogP contribution is 2.14. The maximum atomic E-state index is 12.5. The Balaban J connectivity index is 2.92. The molecule has 1 rings (SSSR count). The summed E-state index contributed by atoms with van der Waals surface area (Å²) in [6.45, 7) is 0.0148. The summed E-state index contributed by atoms with van der Waals surface area (Å²) in [7, 11) is 0. The zero-order valence-corrected chi connectivity index (χ0v) is 6.90. The van der Waals surface area contributed by atoms with Gasteiger partial charge in [0.1, 0.15) is 5.82 Å². The van der Waals surface area contributed by atoms with Gasteiger partial charge < -0.3 is 10.8 Å². The fourth-order valence-electron chi connectivity index (χ4n) is 1.07. The lowest BCUT2D eigenvalue weighted by Gasteiger charge is -2.08. The molecule has 0 amide bonds. The molecule has 0 aliphatic rings. The number of benzene rings is 1. The molecule has 1 atom stereocenters. The highest BCUT2D eigenvalue weighted by molar-refractivity contribution is 5.76. The molecule has 3 nitrogen and oxygen atoms in total. The lowest BCUT2D eigenvalue weighted by molar-refractivity contribution is -0.138. The molecule has 0 spiro atoms. The Morgan fingerprint density at radius 3 is 2.38 bits per heavy atom. The van der Waals surface area contributed by atoms with Gasteiger partial charge in [-0.2, -0.15) is 0 Å². The van der Waals surface area contributed by atoms with Crippen LogP contribution < -0.4 is 5.73 Å². The van der Waals surface area contributed by atoms with Crippen molar-refractivity contribution >= 4 is 5.97 Å². The standard InChI is InChI=1S/C9H10FNO2/c10-7-3-1-6(2-4-7)8(5-11)9(12)13/h1-4,8H,5,11H2,(H,12,13)/t8-/m1/s1. The lowest BCUT2D eigenvalue weighted by Crippen LogP contribution is -2.20. The number of aliphatic carboxylic acids is 1. The summed E-state index contributed by atoms with van der Waals surface area (Å²) in [6, 6.07) is 5.31. The smallest absolute Gasteiger partial charge is 0.312 e. The van der Waals surface area contributed by atoms with Crippen LogP contribution in [0.1, 0.15) is 11.5 Å². The first-order valence-electron chi connectivity index (χ1n) is 3.83. The largest absolute Gasteiger partial charge is 0.481 e. The molecule has 1 aromatic rings. The molecule has 0 aliphatic heterocycles. The molecule has 0 saturated carbocycles. The highest BCUT2D eigenvalue weighted by atomic mass is 19.1. The predicted molar refractivity (Wildman–Crippen MR) is 45.8 cm³/mol. The van der Waals surface area contributed by atoms with Gasteiger partial charge in [-0.3, -0.25) is 4.79 Å². The third kappa shape index (κ3) is 2.26. The van der Waals surface area contributed by atoms with Crippen molar-refractivity contribution < 1.29 is 14.3 Å². The van der Waals surface area contributed by atoms with Gasteiger partial charge in [-0.1, -0.05) is 12.1 Å². The van der Waals surface area contributed by atoms with Gasteiger partial charge in [0.2, 0.25) is 0 Å². The molecule has 0 bridgehead atoms. The van der Waals surface area contributed by atoms with Crippen LogP contribution in [-0.2, 0) is 4.79 Å². The fraction of sp³-hybridized carbons (Fsp3) is 0.222. The number of nitrogens with two attached hydrogens (primary N) is 1. The second-order valence-corrected chi connectivity index (χ2v) is 2.68. The summed E-state index contributed by atoms with van der Waals surface area (Å²) in [4.78, 5) is 10.6. The summed E-state index contributed by atoms with van der Waals surface area (Å²) in [6.07, 6.45) is 0. The number of carbonyl (C=O) groups is 1. The van der Waals surface area contributed by atoms with E-state index in [1.807, 2.05) is 0 Å². The molecule has 4 heteroatoms. The number of rotatable bonds is 3. The van der Waals surface area contributed by atoms with Crippen molar-refractivity contribution in [2.75, 3.05) is 6.54 Å². The number of halogens is 1. The van der Waals surface area contributed by atoms with E-state index in [4.69, 9.17) is 10.8 Å². The van der Waals surface area contributed by atoms with Crippen LogP contribution in [0.25, 0.3) is 0 Å². The van der Waals surface area contributed by atoms with E-state index in [1.165, 1.54) is 24.3 Å².